The number of aliphatic carboxylic acids is 1. The molecule has 0 unspecified atom stereocenters. The van der Waals surface area contributed by atoms with Crippen molar-refractivity contribution in [1.82, 2.24) is 20.2 Å². The summed E-state index contributed by atoms with van der Waals surface area (Å²) in [5, 5.41) is 11.6. The first-order chi connectivity index (χ1) is 13.1. The van der Waals surface area contributed by atoms with E-state index in [0.717, 1.165) is 24.1 Å². The molecular weight excluding hydrogens is 348 g/mol. The number of ether oxygens (including phenoxy) is 1. The van der Waals surface area contributed by atoms with Crippen LogP contribution in [0.1, 0.15) is 12.0 Å². The van der Waals surface area contributed by atoms with E-state index in [1.165, 1.54) is 0 Å². The Balaban J connectivity index is 1.81. The van der Waals surface area contributed by atoms with Crippen LogP contribution in [0.3, 0.4) is 0 Å². The summed E-state index contributed by atoms with van der Waals surface area (Å²) in [4.78, 5) is 33.4. The van der Waals surface area contributed by atoms with E-state index in [2.05, 4.69) is 20.2 Å². The minimum Gasteiger partial charge on any atom is -0.482 e. The Hall–Kier alpha value is -3.00. The number of nitrogens with one attached hydrogen (secondary N) is 1. The summed E-state index contributed by atoms with van der Waals surface area (Å²) < 4.78 is 5.45. The van der Waals surface area contributed by atoms with Crippen LogP contribution in [0.25, 0.3) is 11.4 Å². The quantitative estimate of drug-likeness (QED) is 0.754. The Morgan fingerprint density at radius 1 is 1.33 bits per heavy atom. The molecule has 0 radical (unpaired) electrons. The van der Waals surface area contributed by atoms with Crippen molar-refractivity contribution in [3.63, 3.8) is 0 Å². The molecule has 1 fully saturated rings. The zero-order chi connectivity index (χ0) is 19.2. The maximum atomic E-state index is 11.9. The minimum absolute atomic E-state index is 0.0287. The first-order valence-electron chi connectivity index (χ1n) is 8.75. The van der Waals surface area contributed by atoms with Crippen LogP contribution in [0.5, 0.6) is 5.75 Å². The second-order valence-electron chi connectivity index (χ2n) is 6.41. The number of aromatic nitrogens is 2. The van der Waals surface area contributed by atoms with E-state index in [4.69, 9.17) is 9.84 Å². The van der Waals surface area contributed by atoms with Gasteiger partial charge in [0.1, 0.15) is 5.75 Å². The highest BCUT2D eigenvalue weighted by atomic mass is 16.5. The van der Waals surface area contributed by atoms with Crippen LogP contribution in [0.2, 0.25) is 0 Å². The summed E-state index contributed by atoms with van der Waals surface area (Å²) in [6, 6.07) is 7.22. The van der Waals surface area contributed by atoms with E-state index >= 15 is 0 Å². The summed E-state index contributed by atoms with van der Waals surface area (Å²) in [5.41, 5.74) is 1.68. The number of rotatable bonds is 7. The number of hydrogen-bond donors (Lipinski definition) is 2. The smallest absolute Gasteiger partial charge is 0.341 e. The molecule has 1 saturated heterocycles. The van der Waals surface area contributed by atoms with Crippen LogP contribution >= 0.6 is 0 Å². The number of carboxylic acids is 1. The predicted molar refractivity (Wildman–Crippen MR) is 98.0 cm³/mol. The minimum atomic E-state index is -1.03. The Labute approximate surface area is 157 Å². The van der Waals surface area contributed by atoms with Gasteiger partial charge >= 0.3 is 5.97 Å². The number of carboxylic acid groups (broad SMARTS) is 1. The predicted octanol–water partition coefficient (Wildman–Crippen LogP) is 1.17. The topological polar surface area (TPSA) is 105 Å². The number of amides is 1. The van der Waals surface area contributed by atoms with Gasteiger partial charge in [0.15, 0.2) is 12.4 Å². The van der Waals surface area contributed by atoms with Gasteiger partial charge in [-0.05, 0) is 37.2 Å². The molecule has 0 aliphatic carbocycles. The first kappa shape index (κ1) is 18.8. The highest BCUT2D eigenvalue weighted by molar-refractivity contribution is 5.78. The van der Waals surface area contributed by atoms with Crippen LogP contribution < -0.4 is 10.1 Å². The molecule has 2 heterocycles. The van der Waals surface area contributed by atoms with Gasteiger partial charge in [0.05, 0.1) is 5.92 Å². The Bertz CT molecular complexity index is 813. The van der Waals surface area contributed by atoms with Gasteiger partial charge in [-0.2, -0.15) is 0 Å². The lowest BCUT2D eigenvalue weighted by Crippen LogP contribution is -2.30. The largest absolute Gasteiger partial charge is 0.482 e. The van der Waals surface area contributed by atoms with Crippen molar-refractivity contribution in [3.8, 4) is 17.1 Å². The normalized spacial score (nSPS) is 16.9. The summed E-state index contributed by atoms with van der Waals surface area (Å²) in [6.07, 6.45) is 4.14. The maximum absolute atomic E-state index is 11.9. The van der Waals surface area contributed by atoms with Crippen molar-refractivity contribution in [2.75, 3.05) is 26.7 Å². The standard InChI is InChI=1S/C19H22N4O4/c1-20-19(26)14-5-8-23(10-14)11-15-9-13(18-21-6-2-7-22-18)3-4-16(15)27-12-17(24)25/h2-4,6-7,9,14H,5,8,10-12H2,1H3,(H,20,26)(H,24,25)/t14-/m0/s1. The van der Waals surface area contributed by atoms with E-state index < -0.39 is 12.6 Å². The van der Waals surface area contributed by atoms with Crippen molar-refractivity contribution < 1.29 is 19.4 Å². The number of nitrogens with zero attached hydrogens (tertiary/aromatic N) is 3. The van der Waals surface area contributed by atoms with Crippen LogP contribution in [0.4, 0.5) is 0 Å². The molecule has 3 rings (SSSR count). The van der Waals surface area contributed by atoms with Crippen LogP contribution in [-0.4, -0.2) is 58.6 Å². The molecule has 142 valence electrons. The molecule has 0 spiro atoms. The number of hydrogen-bond acceptors (Lipinski definition) is 6. The third-order valence-corrected chi connectivity index (χ3v) is 4.52. The molecule has 2 N–H and O–H groups in total. The highest BCUT2D eigenvalue weighted by Gasteiger charge is 2.28. The molecule has 27 heavy (non-hydrogen) atoms. The molecular formula is C19H22N4O4. The molecule has 1 aliphatic rings. The molecule has 8 heteroatoms. The Morgan fingerprint density at radius 3 is 2.81 bits per heavy atom. The molecule has 1 aromatic heterocycles. The van der Waals surface area contributed by atoms with E-state index in [1.54, 1.807) is 31.6 Å². The molecule has 1 aromatic carbocycles. The number of likely N-dealkylation sites (tertiary alicyclic amines) is 1. The lowest BCUT2D eigenvalue weighted by Gasteiger charge is -2.19. The SMILES string of the molecule is CNC(=O)[C@H]1CCN(Cc2cc(-c3ncccn3)ccc2OCC(=O)O)C1. The Morgan fingerprint density at radius 2 is 2.11 bits per heavy atom. The molecule has 0 saturated carbocycles. The van der Waals surface area contributed by atoms with Gasteiger partial charge < -0.3 is 15.2 Å². The first-order valence-corrected chi connectivity index (χ1v) is 8.75. The molecule has 1 atom stereocenters. The van der Waals surface area contributed by atoms with Crippen molar-refractivity contribution in [2.24, 2.45) is 5.92 Å². The third kappa shape index (κ3) is 4.79. The fourth-order valence-corrected chi connectivity index (χ4v) is 3.21. The van der Waals surface area contributed by atoms with Gasteiger partial charge in [0.25, 0.3) is 0 Å². The molecule has 0 bridgehead atoms. The van der Waals surface area contributed by atoms with Gasteiger partial charge in [0.2, 0.25) is 5.91 Å². The lowest BCUT2D eigenvalue weighted by atomic mass is 10.1. The molecule has 1 aliphatic heterocycles. The van der Waals surface area contributed by atoms with Gasteiger partial charge in [-0.15, -0.1) is 0 Å². The monoisotopic (exact) mass is 370 g/mol. The van der Waals surface area contributed by atoms with Crippen molar-refractivity contribution >= 4 is 11.9 Å². The number of carbonyl (C=O) groups excluding carboxylic acids is 1. The van der Waals surface area contributed by atoms with Crippen LogP contribution in [0, 0.1) is 5.92 Å². The highest BCUT2D eigenvalue weighted by Crippen LogP contribution is 2.28. The van der Waals surface area contributed by atoms with Crippen molar-refractivity contribution in [1.29, 1.82) is 0 Å². The summed E-state index contributed by atoms with van der Waals surface area (Å²) in [5.74, 6) is 0.0938. The summed E-state index contributed by atoms with van der Waals surface area (Å²) >= 11 is 0. The molecule has 2 aromatic rings. The van der Waals surface area contributed by atoms with E-state index in [1.807, 2.05) is 12.1 Å². The van der Waals surface area contributed by atoms with Crippen LogP contribution in [-0.2, 0) is 16.1 Å². The summed E-state index contributed by atoms with van der Waals surface area (Å²) in [7, 11) is 1.65. The van der Waals surface area contributed by atoms with E-state index in [0.29, 0.717) is 24.7 Å². The van der Waals surface area contributed by atoms with Crippen molar-refractivity contribution in [3.05, 3.63) is 42.2 Å². The van der Waals surface area contributed by atoms with Crippen LogP contribution in [0.15, 0.2) is 36.7 Å². The Kier molecular flexibility index (Phi) is 5.97. The van der Waals surface area contributed by atoms with Gasteiger partial charge in [-0.3, -0.25) is 9.69 Å². The third-order valence-electron chi connectivity index (χ3n) is 4.52. The van der Waals surface area contributed by atoms with Gasteiger partial charge in [0, 0.05) is 43.7 Å². The molecule has 1 amide bonds. The fourth-order valence-electron chi connectivity index (χ4n) is 3.21. The average Bonchev–Trinajstić information content (AvgIpc) is 3.15. The summed E-state index contributed by atoms with van der Waals surface area (Å²) in [6.45, 7) is 1.60. The second-order valence-corrected chi connectivity index (χ2v) is 6.41. The zero-order valence-electron chi connectivity index (χ0n) is 15.1. The average molecular weight is 370 g/mol. The van der Waals surface area contributed by atoms with E-state index in [-0.39, 0.29) is 11.8 Å². The lowest BCUT2D eigenvalue weighted by molar-refractivity contribution is -0.139. The second kappa shape index (κ2) is 8.59. The van der Waals surface area contributed by atoms with Crippen molar-refractivity contribution in [2.45, 2.75) is 13.0 Å². The molecule has 8 nitrogen and oxygen atoms in total. The van der Waals surface area contributed by atoms with E-state index in [9.17, 15) is 9.59 Å². The maximum Gasteiger partial charge on any atom is 0.341 e. The fraction of sp³-hybridized carbons (Fsp3) is 0.368. The van der Waals surface area contributed by atoms with Gasteiger partial charge in [-0.25, -0.2) is 14.8 Å². The van der Waals surface area contributed by atoms with Gasteiger partial charge in [-0.1, -0.05) is 0 Å². The number of carbonyl (C=O) groups is 2. The zero-order valence-corrected chi connectivity index (χ0v) is 15.1. The number of benzene rings is 1.